The highest BCUT2D eigenvalue weighted by Gasteiger charge is 2.34. The van der Waals surface area contributed by atoms with Crippen molar-refractivity contribution in [1.82, 2.24) is 24.7 Å². The maximum absolute atomic E-state index is 12.0. The summed E-state index contributed by atoms with van der Waals surface area (Å²) < 4.78 is 13.6. The number of primary amides is 1. The van der Waals surface area contributed by atoms with E-state index in [1.165, 1.54) is 0 Å². The van der Waals surface area contributed by atoms with Gasteiger partial charge >= 0.3 is 0 Å². The summed E-state index contributed by atoms with van der Waals surface area (Å²) in [7, 11) is 1.79. The molecule has 2 unspecified atom stereocenters. The number of amides is 1. The largest absolute Gasteiger partial charge is 0.488 e. The van der Waals surface area contributed by atoms with Crippen molar-refractivity contribution < 1.29 is 19.1 Å². The lowest BCUT2D eigenvalue weighted by molar-refractivity contribution is 0.0604. The number of ether oxygens (including phenoxy) is 1. The summed E-state index contributed by atoms with van der Waals surface area (Å²) in [5.41, 5.74) is 8.37. The number of benzene rings is 1. The Bertz CT molecular complexity index is 1430. The smallest absolute Gasteiger partial charge is 0.298 e. The van der Waals surface area contributed by atoms with Gasteiger partial charge in [-0.2, -0.15) is 10.1 Å². The molecule has 0 radical (unpaired) electrons. The molecule has 12 nitrogen and oxygen atoms in total. The van der Waals surface area contributed by atoms with E-state index < -0.39 is 12.0 Å². The topological polar surface area (TPSA) is 157 Å². The van der Waals surface area contributed by atoms with Crippen LogP contribution in [0.25, 0.3) is 11.1 Å². The highest BCUT2D eigenvalue weighted by atomic mass is 16.5. The summed E-state index contributed by atoms with van der Waals surface area (Å²) >= 11 is 0. The van der Waals surface area contributed by atoms with E-state index >= 15 is 0 Å². The van der Waals surface area contributed by atoms with Crippen LogP contribution in [-0.4, -0.2) is 61.0 Å². The van der Waals surface area contributed by atoms with Crippen molar-refractivity contribution in [2.24, 2.45) is 12.8 Å². The van der Waals surface area contributed by atoms with Gasteiger partial charge in [-0.25, -0.2) is 9.97 Å². The maximum Gasteiger partial charge on any atom is 0.298 e. The Morgan fingerprint density at radius 3 is 2.83 bits per heavy atom. The molecule has 1 saturated carbocycles. The first-order valence-electron chi connectivity index (χ1n) is 11.9. The molecule has 1 aromatic carbocycles. The first-order chi connectivity index (χ1) is 17.4. The molecule has 2 aliphatic rings. The number of hydrogen-bond acceptors (Lipinski definition) is 10. The van der Waals surface area contributed by atoms with E-state index in [4.69, 9.17) is 14.9 Å². The number of carbonyl (C=O) groups excluding carboxylic acids is 1. The van der Waals surface area contributed by atoms with Crippen molar-refractivity contribution in [2.45, 2.75) is 37.4 Å². The summed E-state index contributed by atoms with van der Waals surface area (Å²) in [6, 6.07) is 6.03. The second kappa shape index (κ2) is 8.79. The van der Waals surface area contributed by atoms with Crippen molar-refractivity contribution in [2.75, 3.05) is 23.3 Å². The SMILES string of the molecule is Cn1cc(Nc2ncc(C3CN(c4nc5ccc(OC6CCCC6O)cc5o4)C3)nc2C(N)=O)cn1. The fourth-order valence-corrected chi connectivity index (χ4v) is 4.63. The molecule has 186 valence electrons. The average molecular weight is 491 g/mol. The molecule has 1 aliphatic carbocycles. The molecule has 0 spiro atoms. The van der Waals surface area contributed by atoms with Crippen LogP contribution in [0.4, 0.5) is 17.5 Å². The second-order valence-corrected chi connectivity index (χ2v) is 9.27. The van der Waals surface area contributed by atoms with Gasteiger partial charge in [-0.1, -0.05) is 0 Å². The van der Waals surface area contributed by atoms with Crippen LogP contribution in [0, 0.1) is 0 Å². The molecule has 1 aliphatic heterocycles. The number of nitrogens with two attached hydrogens (primary N) is 1. The third-order valence-electron chi connectivity index (χ3n) is 6.62. The molecule has 4 N–H and O–H groups in total. The highest BCUT2D eigenvalue weighted by Crippen LogP contribution is 2.34. The van der Waals surface area contributed by atoms with E-state index in [2.05, 4.69) is 25.4 Å². The fourth-order valence-electron chi connectivity index (χ4n) is 4.63. The molecule has 4 heterocycles. The Labute approximate surface area is 206 Å². The van der Waals surface area contributed by atoms with Crippen molar-refractivity contribution in [3.63, 3.8) is 0 Å². The number of fused-ring (bicyclic) bond motifs is 1. The van der Waals surface area contributed by atoms with Crippen molar-refractivity contribution in [3.8, 4) is 5.75 Å². The molecular weight excluding hydrogens is 464 g/mol. The molecule has 1 amide bonds. The zero-order valence-electron chi connectivity index (χ0n) is 19.7. The standard InChI is InChI=1S/C24H26N8O4/c1-31-12-14(8-27-31)28-23-21(22(25)34)29-17(9-26-23)13-10-32(11-13)24-30-16-6-5-15(7-20(16)36-24)35-19-4-2-3-18(19)33/h5-9,12-13,18-19,33H,2-4,10-11H2,1H3,(H2,25,34)(H,26,28). The number of aromatic nitrogens is 5. The number of oxazole rings is 1. The Hall–Kier alpha value is -4.19. The number of carbonyl (C=O) groups is 1. The number of rotatable bonds is 7. The maximum atomic E-state index is 12.0. The van der Waals surface area contributed by atoms with Gasteiger partial charge in [0.15, 0.2) is 17.1 Å². The van der Waals surface area contributed by atoms with Gasteiger partial charge in [-0.05, 0) is 31.4 Å². The third kappa shape index (κ3) is 4.19. The van der Waals surface area contributed by atoms with Crippen LogP contribution in [0.15, 0.2) is 41.2 Å². The Balaban J connectivity index is 1.14. The average Bonchev–Trinajstić information content (AvgIpc) is 3.53. The van der Waals surface area contributed by atoms with Gasteiger partial charge in [-0.3, -0.25) is 9.48 Å². The Morgan fingerprint density at radius 2 is 2.11 bits per heavy atom. The van der Waals surface area contributed by atoms with Crippen molar-refractivity contribution in [1.29, 1.82) is 0 Å². The van der Waals surface area contributed by atoms with Crippen LogP contribution in [0.2, 0.25) is 0 Å². The summed E-state index contributed by atoms with van der Waals surface area (Å²) in [6.45, 7) is 1.24. The molecule has 3 aromatic heterocycles. The van der Waals surface area contributed by atoms with Gasteiger partial charge in [-0.15, -0.1) is 0 Å². The van der Waals surface area contributed by atoms with E-state index in [0.717, 1.165) is 24.8 Å². The van der Waals surface area contributed by atoms with Gasteiger partial charge in [0.05, 0.1) is 29.9 Å². The first kappa shape index (κ1) is 22.3. The molecule has 12 heteroatoms. The summed E-state index contributed by atoms with van der Waals surface area (Å²) in [5, 5.41) is 17.1. The number of aryl methyl sites for hydroxylation is 1. The zero-order chi connectivity index (χ0) is 24.8. The van der Waals surface area contributed by atoms with E-state index in [1.807, 2.05) is 23.1 Å². The van der Waals surface area contributed by atoms with Crippen molar-refractivity contribution >= 4 is 34.5 Å². The number of aliphatic hydroxyl groups is 1. The summed E-state index contributed by atoms with van der Waals surface area (Å²) in [4.78, 5) is 27.5. The molecule has 4 aromatic rings. The lowest BCUT2D eigenvalue weighted by Crippen LogP contribution is -2.45. The molecule has 2 atom stereocenters. The van der Waals surface area contributed by atoms with Gasteiger partial charge < -0.3 is 30.2 Å². The number of nitrogens with one attached hydrogen (secondary N) is 1. The van der Waals surface area contributed by atoms with Crippen LogP contribution in [0.1, 0.15) is 41.4 Å². The monoisotopic (exact) mass is 490 g/mol. The lowest BCUT2D eigenvalue weighted by Gasteiger charge is -2.37. The zero-order valence-corrected chi connectivity index (χ0v) is 19.7. The van der Waals surface area contributed by atoms with Crippen LogP contribution < -0.4 is 20.7 Å². The van der Waals surface area contributed by atoms with Gasteiger partial charge in [0.2, 0.25) is 0 Å². The first-order valence-corrected chi connectivity index (χ1v) is 11.9. The predicted octanol–water partition coefficient (Wildman–Crippen LogP) is 2.09. The van der Waals surface area contributed by atoms with Gasteiger partial charge in [0, 0.05) is 38.3 Å². The van der Waals surface area contributed by atoms with Crippen molar-refractivity contribution in [3.05, 3.63) is 48.2 Å². The van der Waals surface area contributed by atoms with Crippen LogP contribution in [0.3, 0.4) is 0 Å². The van der Waals surface area contributed by atoms with E-state index in [-0.39, 0.29) is 23.5 Å². The minimum atomic E-state index is -0.658. The van der Waals surface area contributed by atoms with Gasteiger partial charge in [0.25, 0.3) is 11.9 Å². The molecule has 2 fully saturated rings. The van der Waals surface area contributed by atoms with E-state index in [1.54, 1.807) is 30.3 Å². The summed E-state index contributed by atoms with van der Waals surface area (Å²) in [5.74, 6) is 0.347. The minimum absolute atomic E-state index is 0.0563. The second-order valence-electron chi connectivity index (χ2n) is 9.27. The third-order valence-corrected chi connectivity index (χ3v) is 6.62. The molecule has 6 rings (SSSR count). The normalized spacial score (nSPS) is 20.0. The summed E-state index contributed by atoms with van der Waals surface area (Å²) in [6.07, 6.45) is 7.00. The quantitative estimate of drug-likeness (QED) is 0.350. The fraction of sp³-hybridized carbons (Fsp3) is 0.375. The highest BCUT2D eigenvalue weighted by molar-refractivity contribution is 5.96. The predicted molar refractivity (Wildman–Crippen MR) is 130 cm³/mol. The van der Waals surface area contributed by atoms with Crippen LogP contribution >= 0.6 is 0 Å². The number of hydrogen-bond donors (Lipinski definition) is 3. The number of anilines is 3. The van der Waals surface area contributed by atoms with E-state index in [0.29, 0.717) is 41.8 Å². The lowest BCUT2D eigenvalue weighted by atomic mass is 9.97. The van der Waals surface area contributed by atoms with Crippen LogP contribution in [-0.2, 0) is 7.05 Å². The van der Waals surface area contributed by atoms with Crippen LogP contribution in [0.5, 0.6) is 5.75 Å². The molecule has 0 bridgehead atoms. The Morgan fingerprint density at radius 1 is 1.25 bits per heavy atom. The molecule has 36 heavy (non-hydrogen) atoms. The molecular formula is C24H26N8O4. The van der Waals surface area contributed by atoms with Gasteiger partial charge in [0.1, 0.15) is 17.4 Å². The number of nitrogens with zero attached hydrogens (tertiary/aromatic N) is 6. The van der Waals surface area contributed by atoms with E-state index in [9.17, 15) is 9.90 Å². The molecule has 1 saturated heterocycles. The Kier molecular flexibility index (Phi) is 5.44. The number of aliphatic hydroxyl groups excluding tert-OH is 1. The minimum Gasteiger partial charge on any atom is -0.488 e.